The predicted molar refractivity (Wildman–Crippen MR) is 91.2 cm³/mol. The van der Waals surface area contributed by atoms with Crippen molar-refractivity contribution in [3.8, 4) is 0 Å². The molecule has 0 fully saturated rings. The molecule has 0 saturated carbocycles. The van der Waals surface area contributed by atoms with Gasteiger partial charge >= 0.3 is 0 Å². The van der Waals surface area contributed by atoms with Gasteiger partial charge in [-0.2, -0.15) is 0 Å². The highest BCUT2D eigenvalue weighted by Gasteiger charge is 2.05. The lowest BCUT2D eigenvalue weighted by Gasteiger charge is -2.08. The van der Waals surface area contributed by atoms with Crippen LogP contribution in [0, 0.1) is 6.92 Å². The molecule has 110 valence electrons. The Bertz CT molecular complexity index is 601. The quantitative estimate of drug-likeness (QED) is 0.588. The second kappa shape index (κ2) is 8.11. The molecule has 0 spiro atoms. The first-order chi connectivity index (χ1) is 10.1. The molecule has 0 aliphatic heterocycles. The van der Waals surface area contributed by atoms with Gasteiger partial charge in [0.05, 0.1) is 0 Å². The molecule has 0 unspecified atom stereocenters. The Hall–Kier alpha value is -1.45. The number of carbonyl (C=O) groups excluding carboxylic acids is 1. The minimum atomic E-state index is 0.0361. The van der Waals surface area contributed by atoms with Crippen LogP contribution in [0.4, 0.5) is 5.69 Å². The lowest BCUT2D eigenvalue weighted by atomic mass is 10.2. The number of nitrogens with one attached hydrogen (secondary N) is 1. The van der Waals surface area contributed by atoms with E-state index in [0.717, 1.165) is 23.4 Å². The van der Waals surface area contributed by atoms with E-state index in [4.69, 9.17) is 11.6 Å². The molecule has 0 atom stereocenters. The van der Waals surface area contributed by atoms with Gasteiger partial charge in [0.1, 0.15) is 0 Å². The molecular formula is C17H18ClNOS. The molecule has 0 aliphatic carbocycles. The number of benzene rings is 2. The number of anilines is 1. The highest BCUT2D eigenvalue weighted by Crippen LogP contribution is 2.21. The number of amides is 1. The summed E-state index contributed by atoms with van der Waals surface area (Å²) < 4.78 is 0. The second-order valence-corrected chi connectivity index (χ2v) is 6.38. The number of carbonyl (C=O) groups is 1. The van der Waals surface area contributed by atoms with E-state index in [1.165, 1.54) is 4.90 Å². The standard InChI is InChI=1S/C17H18ClNOS/c1-13-9-10-14(18)12-16(13)19-17(20)8-5-11-21-15-6-3-2-4-7-15/h2-4,6-7,9-10,12H,5,8,11H2,1H3,(H,19,20). The number of rotatable bonds is 6. The number of thioether (sulfide) groups is 1. The van der Waals surface area contributed by atoms with Crippen molar-refractivity contribution in [1.29, 1.82) is 0 Å². The van der Waals surface area contributed by atoms with E-state index >= 15 is 0 Å². The fourth-order valence-electron chi connectivity index (χ4n) is 1.88. The van der Waals surface area contributed by atoms with Crippen LogP contribution >= 0.6 is 23.4 Å². The number of aryl methyl sites for hydroxylation is 1. The van der Waals surface area contributed by atoms with Gasteiger partial charge in [-0.3, -0.25) is 4.79 Å². The topological polar surface area (TPSA) is 29.1 Å². The zero-order valence-electron chi connectivity index (χ0n) is 11.9. The van der Waals surface area contributed by atoms with Gasteiger partial charge in [0.25, 0.3) is 0 Å². The van der Waals surface area contributed by atoms with Gasteiger partial charge in [0.15, 0.2) is 0 Å². The van der Waals surface area contributed by atoms with Crippen LogP contribution in [0.15, 0.2) is 53.4 Å². The molecule has 1 N–H and O–H groups in total. The van der Waals surface area contributed by atoms with E-state index in [1.54, 1.807) is 17.8 Å². The van der Waals surface area contributed by atoms with Crippen LogP contribution in [0.25, 0.3) is 0 Å². The third-order valence-corrected chi connectivity index (χ3v) is 4.37. The Labute approximate surface area is 134 Å². The third kappa shape index (κ3) is 5.44. The van der Waals surface area contributed by atoms with Gasteiger partial charge in [-0.05, 0) is 48.9 Å². The average molecular weight is 320 g/mol. The van der Waals surface area contributed by atoms with Crippen LogP contribution in [-0.4, -0.2) is 11.7 Å². The third-order valence-electron chi connectivity index (χ3n) is 3.03. The average Bonchev–Trinajstić information content (AvgIpc) is 2.48. The van der Waals surface area contributed by atoms with E-state index in [2.05, 4.69) is 17.4 Å². The second-order valence-electron chi connectivity index (χ2n) is 4.77. The Morgan fingerprint density at radius 1 is 1.19 bits per heavy atom. The lowest BCUT2D eigenvalue weighted by molar-refractivity contribution is -0.116. The molecule has 0 radical (unpaired) electrons. The zero-order chi connectivity index (χ0) is 15.1. The summed E-state index contributed by atoms with van der Waals surface area (Å²) in [4.78, 5) is 13.2. The molecule has 0 heterocycles. The summed E-state index contributed by atoms with van der Waals surface area (Å²) in [5.41, 5.74) is 1.81. The van der Waals surface area contributed by atoms with E-state index in [9.17, 15) is 4.79 Å². The van der Waals surface area contributed by atoms with Crippen LogP contribution in [0.3, 0.4) is 0 Å². The van der Waals surface area contributed by atoms with Crippen LogP contribution in [-0.2, 0) is 4.79 Å². The van der Waals surface area contributed by atoms with Crippen LogP contribution in [0.2, 0.25) is 5.02 Å². The Kier molecular flexibility index (Phi) is 6.15. The Morgan fingerprint density at radius 2 is 1.95 bits per heavy atom. The van der Waals surface area contributed by atoms with E-state index in [-0.39, 0.29) is 5.91 Å². The van der Waals surface area contributed by atoms with Crippen molar-refractivity contribution in [2.75, 3.05) is 11.1 Å². The maximum atomic E-state index is 11.9. The minimum absolute atomic E-state index is 0.0361. The molecule has 0 aromatic heterocycles. The van der Waals surface area contributed by atoms with Gasteiger partial charge in [-0.1, -0.05) is 35.9 Å². The summed E-state index contributed by atoms with van der Waals surface area (Å²) in [5.74, 6) is 0.973. The SMILES string of the molecule is Cc1ccc(Cl)cc1NC(=O)CCCSc1ccccc1. The van der Waals surface area contributed by atoms with Crippen LogP contribution in [0.5, 0.6) is 0 Å². The van der Waals surface area contributed by atoms with Crippen molar-refractivity contribution < 1.29 is 4.79 Å². The highest BCUT2D eigenvalue weighted by atomic mass is 35.5. The normalized spacial score (nSPS) is 10.4. The van der Waals surface area contributed by atoms with E-state index in [0.29, 0.717) is 11.4 Å². The molecule has 4 heteroatoms. The first-order valence-electron chi connectivity index (χ1n) is 6.89. The Morgan fingerprint density at radius 3 is 2.71 bits per heavy atom. The molecule has 2 aromatic carbocycles. The summed E-state index contributed by atoms with van der Waals surface area (Å²) in [6.45, 7) is 1.96. The van der Waals surface area contributed by atoms with Gasteiger partial charge in [0, 0.05) is 22.0 Å². The first-order valence-corrected chi connectivity index (χ1v) is 8.25. The molecule has 0 bridgehead atoms. The fourth-order valence-corrected chi connectivity index (χ4v) is 2.93. The van der Waals surface area contributed by atoms with Crippen molar-refractivity contribution in [2.24, 2.45) is 0 Å². The largest absolute Gasteiger partial charge is 0.326 e. The van der Waals surface area contributed by atoms with Crippen molar-refractivity contribution in [2.45, 2.75) is 24.7 Å². The number of hydrogen-bond donors (Lipinski definition) is 1. The van der Waals surface area contributed by atoms with Gasteiger partial charge < -0.3 is 5.32 Å². The maximum absolute atomic E-state index is 11.9. The smallest absolute Gasteiger partial charge is 0.224 e. The highest BCUT2D eigenvalue weighted by molar-refractivity contribution is 7.99. The molecule has 2 nitrogen and oxygen atoms in total. The van der Waals surface area contributed by atoms with Crippen LogP contribution < -0.4 is 5.32 Å². The van der Waals surface area contributed by atoms with E-state index in [1.807, 2.05) is 37.3 Å². The predicted octanol–water partition coefficient (Wildman–Crippen LogP) is 5.16. The number of hydrogen-bond acceptors (Lipinski definition) is 2. The van der Waals surface area contributed by atoms with Crippen molar-refractivity contribution >= 4 is 35.0 Å². The summed E-state index contributed by atoms with van der Waals surface area (Å²) in [6, 6.07) is 15.7. The van der Waals surface area contributed by atoms with Crippen molar-refractivity contribution in [1.82, 2.24) is 0 Å². The Balaban J connectivity index is 1.74. The van der Waals surface area contributed by atoms with E-state index < -0.39 is 0 Å². The summed E-state index contributed by atoms with van der Waals surface area (Å²) in [7, 11) is 0. The van der Waals surface area contributed by atoms with Gasteiger partial charge in [-0.15, -0.1) is 11.8 Å². The summed E-state index contributed by atoms with van der Waals surface area (Å²) in [5, 5.41) is 3.55. The maximum Gasteiger partial charge on any atom is 0.224 e. The van der Waals surface area contributed by atoms with Gasteiger partial charge in [0.2, 0.25) is 5.91 Å². The first kappa shape index (κ1) is 15.9. The minimum Gasteiger partial charge on any atom is -0.326 e. The molecule has 21 heavy (non-hydrogen) atoms. The molecule has 1 amide bonds. The molecule has 2 rings (SSSR count). The molecular weight excluding hydrogens is 302 g/mol. The van der Waals surface area contributed by atoms with Crippen molar-refractivity contribution in [3.63, 3.8) is 0 Å². The fraction of sp³-hybridized carbons (Fsp3) is 0.235. The number of halogens is 1. The summed E-state index contributed by atoms with van der Waals surface area (Å²) >= 11 is 7.71. The lowest BCUT2D eigenvalue weighted by Crippen LogP contribution is -2.12. The summed E-state index contributed by atoms with van der Waals surface area (Å²) in [6.07, 6.45) is 1.37. The van der Waals surface area contributed by atoms with Crippen LogP contribution in [0.1, 0.15) is 18.4 Å². The van der Waals surface area contributed by atoms with Crippen molar-refractivity contribution in [3.05, 3.63) is 59.1 Å². The molecule has 0 saturated heterocycles. The zero-order valence-corrected chi connectivity index (χ0v) is 13.5. The molecule has 0 aliphatic rings. The molecule has 2 aromatic rings. The van der Waals surface area contributed by atoms with Gasteiger partial charge in [-0.25, -0.2) is 0 Å². The monoisotopic (exact) mass is 319 g/mol.